The maximum Gasteiger partial charge on any atom is 0.236 e. The van der Waals surface area contributed by atoms with E-state index in [0.29, 0.717) is 12.6 Å². The highest BCUT2D eigenvalue weighted by atomic mass is 16.2. The van der Waals surface area contributed by atoms with Gasteiger partial charge in [-0.1, -0.05) is 12.8 Å². The maximum absolute atomic E-state index is 11.7. The minimum atomic E-state index is -0.0281. The highest BCUT2D eigenvalue weighted by Gasteiger charge is 2.28. The minimum absolute atomic E-state index is 0.0281. The molecule has 0 spiro atoms. The number of carbonyl (C=O) groups excluding carboxylic acids is 1. The van der Waals surface area contributed by atoms with Gasteiger partial charge in [-0.15, -0.1) is 0 Å². The molecule has 1 fully saturated rings. The van der Waals surface area contributed by atoms with Crippen LogP contribution in [0.4, 0.5) is 0 Å². The molecule has 1 unspecified atom stereocenters. The summed E-state index contributed by atoms with van der Waals surface area (Å²) >= 11 is 0. The number of likely N-dealkylation sites (N-methyl/N-ethyl adjacent to an activating group) is 1. The van der Waals surface area contributed by atoms with Gasteiger partial charge in [-0.25, -0.2) is 0 Å². The fourth-order valence-electron chi connectivity index (χ4n) is 2.56. The molecule has 4 heteroatoms. The Bertz CT molecular complexity index is 214. The number of hydrogen-bond acceptors (Lipinski definition) is 3. The SMILES string of the molecule is CNC(=O)C(C)N(CCCN)C1CCCC1. The Kier molecular flexibility index (Phi) is 5.77. The highest BCUT2D eigenvalue weighted by Crippen LogP contribution is 2.25. The van der Waals surface area contributed by atoms with Gasteiger partial charge < -0.3 is 11.1 Å². The summed E-state index contributed by atoms with van der Waals surface area (Å²) in [5.74, 6) is 0.115. The molecule has 0 aliphatic heterocycles. The van der Waals surface area contributed by atoms with Crippen molar-refractivity contribution in [2.24, 2.45) is 5.73 Å². The first-order valence-corrected chi connectivity index (χ1v) is 6.38. The second kappa shape index (κ2) is 6.86. The van der Waals surface area contributed by atoms with Crippen LogP contribution in [0.3, 0.4) is 0 Å². The molecule has 1 aliphatic rings. The van der Waals surface area contributed by atoms with E-state index < -0.39 is 0 Å². The van der Waals surface area contributed by atoms with Crippen LogP contribution in [0.1, 0.15) is 39.0 Å². The van der Waals surface area contributed by atoms with Gasteiger partial charge in [-0.05, 0) is 32.7 Å². The molecule has 94 valence electrons. The molecule has 16 heavy (non-hydrogen) atoms. The molecule has 0 aromatic carbocycles. The van der Waals surface area contributed by atoms with Crippen molar-refractivity contribution in [2.75, 3.05) is 20.1 Å². The average molecular weight is 227 g/mol. The molecule has 1 rings (SSSR count). The number of nitrogens with zero attached hydrogens (tertiary/aromatic N) is 1. The van der Waals surface area contributed by atoms with E-state index >= 15 is 0 Å². The maximum atomic E-state index is 11.7. The minimum Gasteiger partial charge on any atom is -0.358 e. The van der Waals surface area contributed by atoms with Gasteiger partial charge in [-0.3, -0.25) is 9.69 Å². The van der Waals surface area contributed by atoms with Crippen LogP contribution in [-0.2, 0) is 4.79 Å². The normalized spacial score (nSPS) is 19.0. The Morgan fingerprint density at radius 1 is 1.50 bits per heavy atom. The summed E-state index contributed by atoms with van der Waals surface area (Å²) in [6.45, 7) is 3.63. The number of carbonyl (C=O) groups is 1. The summed E-state index contributed by atoms with van der Waals surface area (Å²) in [4.78, 5) is 14.0. The van der Waals surface area contributed by atoms with Crippen molar-refractivity contribution in [1.29, 1.82) is 0 Å². The van der Waals surface area contributed by atoms with Crippen molar-refractivity contribution in [3.63, 3.8) is 0 Å². The molecule has 0 aromatic rings. The topological polar surface area (TPSA) is 58.4 Å². The van der Waals surface area contributed by atoms with E-state index in [1.54, 1.807) is 7.05 Å². The first-order chi connectivity index (χ1) is 7.70. The van der Waals surface area contributed by atoms with E-state index in [9.17, 15) is 4.79 Å². The molecule has 0 saturated heterocycles. The third-order valence-electron chi connectivity index (χ3n) is 3.54. The molecule has 1 saturated carbocycles. The van der Waals surface area contributed by atoms with Crippen molar-refractivity contribution in [3.05, 3.63) is 0 Å². The van der Waals surface area contributed by atoms with E-state index in [0.717, 1.165) is 13.0 Å². The van der Waals surface area contributed by atoms with E-state index in [1.807, 2.05) is 6.92 Å². The summed E-state index contributed by atoms with van der Waals surface area (Å²) in [6, 6.07) is 0.554. The first kappa shape index (κ1) is 13.5. The number of amides is 1. The summed E-state index contributed by atoms with van der Waals surface area (Å²) < 4.78 is 0. The summed E-state index contributed by atoms with van der Waals surface area (Å²) in [5.41, 5.74) is 5.56. The van der Waals surface area contributed by atoms with E-state index in [-0.39, 0.29) is 11.9 Å². The van der Waals surface area contributed by atoms with Gasteiger partial charge in [0, 0.05) is 19.6 Å². The molecule has 4 nitrogen and oxygen atoms in total. The molecule has 1 atom stereocenters. The molecular formula is C12H25N3O. The van der Waals surface area contributed by atoms with Gasteiger partial charge in [0.25, 0.3) is 0 Å². The molecule has 0 bridgehead atoms. The van der Waals surface area contributed by atoms with E-state index in [1.165, 1.54) is 25.7 Å². The van der Waals surface area contributed by atoms with E-state index in [2.05, 4.69) is 10.2 Å². The average Bonchev–Trinajstić information content (AvgIpc) is 2.82. The second-order valence-electron chi connectivity index (χ2n) is 4.61. The van der Waals surface area contributed by atoms with Crippen LogP contribution in [0.5, 0.6) is 0 Å². The summed E-state index contributed by atoms with van der Waals surface area (Å²) in [6.07, 6.45) is 6.02. The Labute approximate surface area is 98.6 Å². The predicted octanol–water partition coefficient (Wildman–Crippen LogP) is 0.714. The van der Waals surface area contributed by atoms with Gasteiger partial charge in [0.1, 0.15) is 0 Å². The number of nitrogens with two attached hydrogens (primary N) is 1. The Morgan fingerprint density at radius 2 is 2.12 bits per heavy atom. The van der Waals surface area contributed by atoms with E-state index in [4.69, 9.17) is 5.73 Å². The summed E-state index contributed by atoms with van der Waals surface area (Å²) in [5, 5.41) is 2.73. The Morgan fingerprint density at radius 3 is 2.62 bits per heavy atom. The van der Waals surface area contributed by atoms with Gasteiger partial charge in [0.2, 0.25) is 5.91 Å². The van der Waals surface area contributed by atoms with Crippen LogP contribution in [0, 0.1) is 0 Å². The Balaban J connectivity index is 2.57. The fraction of sp³-hybridized carbons (Fsp3) is 0.917. The largest absolute Gasteiger partial charge is 0.358 e. The third kappa shape index (κ3) is 3.46. The van der Waals surface area contributed by atoms with Crippen molar-refractivity contribution in [1.82, 2.24) is 10.2 Å². The van der Waals surface area contributed by atoms with Crippen molar-refractivity contribution >= 4 is 5.91 Å². The first-order valence-electron chi connectivity index (χ1n) is 6.38. The lowest BCUT2D eigenvalue weighted by atomic mass is 10.1. The monoisotopic (exact) mass is 227 g/mol. The molecule has 3 N–H and O–H groups in total. The summed E-state index contributed by atoms with van der Waals surface area (Å²) in [7, 11) is 1.70. The van der Waals surface area contributed by atoms with Crippen LogP contribution in [0.2, 0.25) is 0 Å². The zero-order valence-electron chi connectivity index (χ0n) is 10.5. The van der Waals surface area contributed by atoms with Crippen molar-refractivity contribution in [2.45, 2.75) is 51.1 Å². The molecule has 1 amide bonds. The Hall–Kier alpha value is -0.610. The second-order valence-corrected chi connectivity index (χ2v) is 4.61. The van der Waals surface area contributed by atoms with Gasteiger partial charge >= 0.3 is 0 Å². The number of hydrogen-bond donors (Lipinski definition) is 2. The lowest BCUT2D eigenvalue weighted by Gasteiger charge is -2.33. The molecule has 0 radical (unpaired) electrons. The van der Waals surface area contributed by atoms with Crippen LogP contribution < -0.4 is 11.1 Å². The molecular weight excluding hydrogens is 202 g/mol. The van der Waals surface area contributed by atoms with Crippen molar-refractivity contribution < 1.29 is 4.79 Å². The quantitative estimate of drug-likeness (QED) is 0.703. The van der Waals surface area contributed by atoms with Crippen LogP contribution in [0.25, 0.3) is 0 Å². The van der Waals surface area contributed by atoms with Gasteiger partial charge in [-0.2, -0.15) is 0 Å². The number of rotatable bonds is 6. The molecule has 0 heterocycles. The molecule has 0 aromatic heterocycles. The van der Waals surface area contributed by atoms with Gasteiger partial charge in [0.15, 0.2) is 0 Å². The zero-order chi connectivity index (χ0) is 12.0. The third-order valence-corrected chi connectivity index (χ3v) is 3.54. The zero-order valence-corrected chi connectivity index (χ0v) is 10.5. The van der Waals surface area contributed by atoms with Crippen molar-refractivity contribution in [3.8, 4) is 0 Å². The number of nitrogens with one attached hydrogen (secondary N) is 1. The predicted molar refractivity (Wildman–Crippen MR) is 66.2 cm³/mol. The standard InChI is InChI=1S/C12H25N3O/c1-10(12(16)14-2)15(9-5-8-13)11-6-3-4-7-11/h10-11H,3-9,13H2,1-2H3,(H,14,16). The van der Waals surface area contributed by atoms with Crippen LogP contribution in [-0.4, -0.2) is 43.0 Å². The fourth-order valence-corrected chi connectivity index (χ4v) is 2.56. The highest BCUT2D eigenvalue weighted by molar-refractivity contribution is 5.81. The van der Waals surface area contributed by atoms with Gasteiger partial charge in [0.05, 0.1) is 6.04 Å². The lowest BCUT2D eigenvalue weighted by molar-refractivity contribution is -0.126. The lowest BCUT2D eigenvalue weighted by Crippen LogP contribution is -2.49. The van der Waals surface area contributed by atoms with Crippen LogP contribution in [0.15, 0.2) is 0 Å². The smallest absolute Gasteiger partial charge is 0.236 e. The van der Waals surface area contributed by atoms with Crippen LogP contribution >= 0.6 is 0 Å². The molecule has 1 aliphatic carbocycles.